The Kier molecular flexibility index (Phi) is 3.48. The van der Waals surface area contributed by atoms with E-state index in [1.165, 1.54) is 11.4 Å². The highest BCUT2D eigenvalue weighted by molar-refractivity contribution is 5.11. The maximum atomic E-state index is 4.41. The van der Waals surface area contributed by atoms with Gasteiger partial charge in [-0.1, -0.05) is 6.92 Å². The number of rotatable bonds is 4. The van der Waals surface area contributed by atoms with Gasteiger partial charge in [-0.15, -0.1) is 0 Å². The summed E-state index contributed by atoms with van der Waals surface area (Å²) in [5.74, 6) is 0. The van der Waals surface area contributed by atoms with Crippen molar-refractivity contribution in [2.24, 2.45) is 7.05 Å². The number of hydrogen-bond acceptors (Lipinski definition) is 2. The van der Waals surface area contributed by atoms with Crippen LogP contribution in [0.2, 0.25) is 0 Å². The normalized spacial score (nSPS) is 13.2. The van der Waals surface area contributed by atoms with Gasteiger partial charge in [0.1, 0.15) is 0 Å². The highest BCUT2D eigenvalue weighted by Gasteiger charge is 2.06. The van der Waals surface area contributed by atoms with Crippen LogP contribution in [0, 0.1) is 0 Å². The molecule has 0 saturated heterocycles. The Morgan fingerprint density at radius 2 is 2.31 bits per heavy atom. The van der Waals surface area contributed by atoms with E-state index < -0.39 is 0 Å². The van der Waals surface area contributed by atoms with E-state index in [1.807, 2.05) is 18.8 Å². The van der Waals surface area contributed by atoms with Crippen LogP contribution in [0.3, 0.4) is 0 Å². The molecule has 0 aliphatic rings. The van der Waals surface area contributed by atoms with E-state index in [0.29, 0.717) is 6.04 Å². The number of nitrogens with one attached hydrogen (secondary N) is 1. The van der Waals surface area contributed by atoms with E-state index in [4.69, 9.17) is 0 Å². The first-order valence-corrected chi connectivity index (χ1v) is 4.86. The summed E-state index contributed by atoms with van der Waals surface area (Å²) < 4.78 is 1.98. The van der Waals surface area contributed by atoms with E-state index in [-0.39, 0.29) is 0 Å². The van der Waals surface area contributed by atoms with Crippen LogP contribution in [0.1, 0.15) is 25.2 Å². The van der Waals surface area contributed by atoms with E-state index in [0.717, 1.165) is 12.8 Å². The van der Waals surface area contributed by atoms with Crippen LogP contribution in [-0.4, -0.2) is 22.9 Å². The van der Waals surface area contributed by atoms with Crippen LogP contribution in [-0.2, 0) is 19.9 Å². The third kappa shape index (κ3) is 2.56. The molecule has 1 heterocycles. The zero-order valence-electron chi connectivity index (χ0n) is 8.96. The monoisotopic (exact) mass is 181 g/mol. The number of aromatic nitrogens is 2. The molecule has 13 heavy (non-hydrogen) atoms. The standard InChI is InChI=1S/C10H19N3/c1-5-9-7-10(13(4)12-9)6-8(2)11-3/h7-8,11H,5-6H2,1-4H3. The minimum Gasteiger partial charge on any atom is -0.317 e. The first kappa shape index (κ1) is 10.3. The predicted octanol–water partition coefficient (Wildman–Crippen LogP) is 1.13. The highest BCUT2D eigenvalue weighted by Crippen LogP contribution is 2.06. The smallest absolute Gasteiger partial charge is 0.0624 e. The van der Waals surface area contributed by atoms with Gasteiger partial charge >= 0.3 is 0 Å². The van der Waals surface area contributed by atoms with Gasteiger partial charge in [0.15, 0.2) is 0 Å². The van der Waals surface area contributed by atoms with Crippen molar-refractivity contribution in [2.45, 2.75) is 32.7 Å². The van der Waals surface area contributed by atoms with Gasteiger partial charge in [0.25, 0.3) is 0 Å². The summed E-state index contributed by atoms with van der Waals surface area (Å²) in [5.41, 5.74) is 2.49. The van der Waals surface area contributed by atoms with Crippen molar-refractivity contribution >= 4 is 0 Å². The van der Waals surface area contributed by atoms with Crippen molar-refractivity contribution in [3.8, 4) is 0 Å². The molecule has 0 saturated carbocycles. The van der Waals surface area contributed by atoms with Gasteiger partial charge in [-0.05, 0) is 26.5 Å². The maximum Gasteiger partial charge on any atom is 0.0624 e. The van der Waals surface area contributed by atoms with Crippen molar-refractivity contribution in [3.63, 3.8) is 0 Å². The molecule has 1 atom stereocenters. The Morgan fingerprint density at radius 1 is 1.62 bits per heavy atom. The van der Waals surface area contributed by atoms with Crippen molar-refractivity contribution < 1.29 is 0 Å². The van der Waals surface area contributed by atoms with Gasteiger partial charge in [0.2, 0.25) is 0 Å². The molecule has 1 N–H and O–H groups in total. The van der Waals surface area contributed by atoms with Gasteiger partial charge in [-0.25, -0.2) is 0 Å². The lowest BCUT2D eigenvalue weighted by Gasteiger charge is -2.09. The summed E-state index contributed by atoms with van der Waals surface area (Å²) >= 11 is 0. The summed E-state index contributed by atoms with van der Waals surface area (Å²) in [7, 11) is 4.00. The number of hydrogen-bond donors (Lipinski definition) is 1. The molecule has 0 spiro atoms. The van der Waals surface area contributed by atoms with Crippen molar-refractivity contribution in [3.05, 3.63) is 17.5 Å². The number of aryl methyl sites for hydroxylation is 2. The largest absolute Gasteiger partial charge is 0.317 e. The summed E-state index contributed by atoms with van der Waals surface area (Å²) in [6.07, 6.45) is 2.06. The molecule has 0 aliphatic carbocycles. The van der Waals surface area contributed by atoms with Crippen LogP contribution in [0.5, 0.6) is 0 Å². The maximum absolute atomic E-state index is 4.41. The molecule has 74 valence electrons. The lowest BCUT2D eigenvalue weighted by atomic mass is 10.1. The second-order valence-corrected chi connectivity index (χ2v) is 3.50. The van der Waals surface area contributed by atoms with Crippen molar-refractivity contribution in [2.75, 3.05) is 7.05 Å². The van der Waals surface area contributed by atoms with Crippen LogP contribution in [0.4, 0.5) is 0 Å². The topological polar surface area (TPSA) is 29.9 Å². The quantitative estimate of drug-likeness (QED) is 0.754. The van der Waals surface area contributed by atoms with Gasteiger partial charge < -0.3 is 5.32 Å². The average molecular weight is 181 g/mol. The van der Waals surface area contributed by atoms with Gasteiger partial charge in [-0.2, -0.15) is 5.10 Å². The number of likely N-dealkylation sites (N-methyl/N-ethyl adjacent to an activating group) is 1. The van der Waals surface area contributed by atoms with E-state index in [1.54, 1.807) is 0 Å². The minimum atomic E-state index is 0.514. The molecule has 0 fully saturated rings. The molecule has 0 aromatic carbocycles. The molecule has 1 aromatic rings. The van der Waals surface area contributed by atoms with E-state index in [2.05, 4.69) is 30.3 Å². The van der Waals surface area contributed by atoms with Gasteiger partial charge in [0.05, 0.1) is 5.69 Å². The fraction of sp³-hybridized carbons (Fsp3) is 0.700. The van der Waals surface area contributed by atoms with Crippen LogP contribution < -0.4 is 5.32 Å². The van der Waals surface area contributed by atoms with E-state index in [9.17, 15) is 0 Å². The third-order valence-electron chi connectivity index (χ3n) is 2.40. The zero-order chi connectivity index (χ0) is 9.84. The van der Waals surface area contributed by atoms with Crippen molar-refractivity contribution in [1.29, 1.82) is 0 Å². The Bertz CT molecular complexity index is 265. The molecule has 1 unspecified atom stereocenters. The van der Waals surface area contributed by atoms with Crippen molar-refractivity contribution in [1.82, 2.24) is 15.1 Å². The highest BCUT2D eigenvalue weighted by atomic mass is 15.3. The fourth-order valence-electron chi connectivity index (χ4n) is 1.35. The van der Waals surface area contributed by atoms with Crippen LogP contribution in [0.25, 0.3) is 0 Å². The lowest BCUT2D eigenvalue weighted by Crippen LogP contribution is -2.24. The molecule has 0 amide bonds. The summed E-state index contributed by atoms with van der Waals surface area (Å²) in [4.78, 5) is 0. The molecular formula is C10H19N3. The lowest BCUT2D eigenvalue weighted by molar-refractivity contribution is 0.575. The summed E-state index contributed by atoms with van der Waals surface area (Å²) in [6, 6.07) is 2.70. The molecule has 1 rings (SSSR count). The summed E-state index contributed by atoms with van der Waals surface area (Å²) in [5, 5.41) is 7.63. The third-order valence-corrected chi connectivity index (χ3v) is 2.40. The molecule has 0 bridgehead atoms. The average Bonchev–Trinajstić information content (AvgIpc) is 2.47. The first-order valence-electron chi connectivity index (χ1n) is 4.86. The minimum absolute atomic E-state index is 0.514. The molecule has 3 nitrogen and oxygen atoms in total. The molecule has 0 aliphatic heterocycles. The predicted molar refractivity (Wildman–Crippen MR) is 54.8 cm³/mol. The molecule has 1 aromatic heterocycles. The number of nitrogens with zero attached hydrogens (tertiary/aromatic N) is 2. The zero-order valence-corrected chi connectivity index (χ0v) is 8.96. The molecular weight excluding hydrogens is 162 g/mol. The van der Waals surface area contributed by atoms with Crippen LogP contribution >= 0.6 is 0 Å². The second-order valence-electron chi connectivity index (χ2n) is 3.50. The van der Waals surface area contributed by atoms with Gasteiger partial charge in [-0.3, -0.25) is 4.68 Å². The molecule has 0 radical (unpaired) electrons. The van der Waals surface area contributed by atoms with E-state index >= 15 is 0 Å². The van der Waals surface area contributed by atoms with Crippen LogP contribution in [0.15, 0.2) is 6.07 Å². The Labute approximate surface area is 80.1 Å². The fourth-order valence-corrected chi connectivity index (χ4v) is 1.35. The van der Waals surface area contributed by atoms with Gasteiger partial charge in [0, 0.05) is 25.2 Å². The Morgan fingerprint density at radius 3 is 2.77 bits per heavy atom. The molecule has 3 heteroatoms. The Hall–Kier alpha value is -0.830. The SMILES string of the molecule is CCc1cc(CC(C)NC)n(C)n1. The Balaban J connectivity index is 2.70. The first-order chi connectivity index (χ1) is 6.17. The second kappa shape index (κ2) is 4.42. The summed E-state index contributed by atoms with van der Waals surface area (Å²) in [6.45, 7) is 4.31.